The molecule has 3 heteroatoms. The quantitative estimate of drug-likeness (QED) is 0.668. The summed E-state index contributed by atoms with van der Waals surface area (Å²) in [6.07, 6.45) is 10.1. The Morgan fingerprint density at radius 3 is 2.71 bits per heavy atom. The fourth-order valence-corrected chi connectivity index (χ4v) is 2.20. The second-order valence-electron chi connectivity index (χ2n) is 4.86. The first kappa shape index (κ1) is 14.2. The SMILES string of the molecule is CCC(CC)NC(=O)CNCC1CC=CCC1. The van der Waals surface area contributed by atoms with Gasteiger partial charge in [-0.05, 0) is 44.6 Å². The van der Waals surface area contributed by atoms with Gasteiger partial charge in [0, 0.05) is 6.04 Å². The van der Waals surface area contributed by atoms with Gasteiger partial charge in [-0.2, -0.15) is 0 Å². The van der Waals surface area contributed by atoms with Gasteiger partial charge in [0.2, 0.25) is 5.91 Å². The van der Waals surface area contributed by atoms with Crippen LogP contribution in [0.4, 0.5) is 0 Å². The Labute approximate surface area is 105 Å². The van der Waals surface area contributed by atoms with Gasteiger partial charge in [-0.25, -0.2) is 0 Å². The maximum absolute atomic E-state index is 11.6. The first-order valence-electron chi connectivity index (χ1n) is 6.91. The van der Waals surface area contributed by atoms with E-state index >= 15 is 0 Å². The van der Waals surface area contributed by atoms with Crippen molar-refractivity contribution in [3.8, 4) is 0 Å². The van der Waals surface area contributed by atoms with E-state index in [9.17, 15) is 4.79 Å². The first-order chi connectivity index (χ1) is 8.26. The van der Waals surface area contributed by atoms with Crippen LogP contribution in [0.15, 0.2) is 12.2 Å². The van der Waals surface area contributed by atoms with Gasteiger partial charge in [-0.15, -0.1) is 0 Å². The van der Waals surface area contributed by atoms with Crippen LogP contribution in [-0.4, -0.2) is 25.0 Å². The van der Waals surface area contributed by atoms with Crippen molar-refractivity contribution in [2.75, 3.05) is 13.1 Å². The molecule has 0 saturated carbocycles. The van der Waals surface area contributed by atoms with Crippen molar-refractivity contribution in [2.45, 2.75) is 52.0 Å². The Hall–Kier alpha value is -0.830. The van der Waals surface area contributed by atoms with Crippen LogP contribution in [-0.2, 0) is 4.79 Å². The lowest BCUT2D eigenvalue weighted by Gasteiger charge is -2.19. The summed E-state index contributed by atoms with van der Waals surface area (Å²) in [6, 6.07) is 0.335. The number of hydrogen-bond donors (Lipinski definition) is 2. The van der Waals surface area contributed by atoms with Gasteiger partial charge in [0.25, 0.3) is 0 Å². The topological polar surface area (TPSA) is 41.1 Å². The summed E-state index contributed by atoms with van der Waals surface area (Å²) in [5.41, 5.74) is 0. The molecule has 0 spiro atoms. The number of carbonyl (C=O) groups is 1. The van der Waals surface area contributed by atoms with E-state index in [0.29, 0.717) is 18.5 Å². The monoisotopic (exact) mass is 238 g/mol. The standard InChI is InChI=1S/C14H26N2O/c1-3-13(4-2)16-14(17)11-15-10-12-8-6-5-7-9-12/h5-6,12-13,15H,3-4,7-11H2,1-2H3,(H,16,17). The van der Waals surface area contributed by atoms with Gasteiger partial charge in [0.1, 0.15) is 0 Å². The van der Waals surface area contributed by atoms with E-state index in [1.165, 1.54) is 12.8 Å². The number of nitrogens with one attached hydrogen (secondary N) is 2. The molecule has 0 bridgehead atoms. The van der Waals surface area contributed by atoms with Crippen molar-refractivity contribution in [1.29, 1.82) is 0 Å². The molecule has 3 nitrogen and oxygen atoms in total. The lowest BCUT2D eigenvalue weighted by Crippen LogP contribution is -2.41. The number of carbonyl (C=O) groups excluding carboxylic acids is 1. The van der Waals surface area contributed by atoms with Gasteiger partial charge < -0.3 is 10.6 Å². The molecule has 0 heterocycles. The van der Waals surface area contributed by atoms with Crippen LogP contribution in [0.2, 0.25) is 0 Å². The van der Waals surface area contributed by atoms with Gasteiger partial charge in [0.15, 0.2) is 0 Å². The molecule has 1 aliphatic carbocycles. The van der Waals surface area contributed by atoms with Crippen LogP contribution >= 0.6 is 0 Å². The average molecular weight is 238 g/mol. The summed E-state index contributed by atoms with van der Waals surface area (Å²) in [7, 11) is 0. The average Bonchev–Trinajstić information content (AvgIpc) is 2.37. The van der Waals surface area contributed by atoms with Gasteiger partial charge in [0.05, 0.1) is 6.54 Å². The van der Waals surface area contributed by atoms with Gasteiger partial charge in [-0.3, -0.25) is 4.79 Å². The molecule has 0 aromatic heterocycles. The third kappa shape index (κ3) is 5.87. The lowest BCUT2D eigenvalue weighted by molar-refractivity contribution is -0.121. The van der Waals surface area contributed by atoms with E-state index < -0.39 is 0 Å². The highest BCUT2D eigenvalue weighted by Crippen LogP contribution is 2.16. The number of allylic oxidation sites excluding steroid dienone is 2. The smallest absolute Gasteiger partial charge is 0.234 e. The summed E-state index contributed by atoms with van der Waals surface area (Å²) in [5.74, 6) is 0.839. The molecule has 1 amide bonds. The molecule has 1 rings (SSSR count). The molecule has 2 N–H and O–H groups in total. The van der Waals surface area contributed by atoms with E-state index in [0.717, 1.165) is 25.8 Å². The Morgan fingerprint density at radius 1 is 1.35 bits per heavy atom. The van der Waals surface area contributed by atoms with Crippen LogP contribution in [0.3, 0.4) is 0 Å². The van der Waals surface area contributed by atoms with E-state index in [4.69, 9.17) is 0 Å². The Kier molecular flexibility index (Phi) is 6.94. The zero-order valence-corrected chi connectivity index (χ0v) is 11.2. The number of hydrogen-bond acceptors (Lipinski definition) is 2. The molecule has 17 heavy (non-hydrogen) atoms. The molecular weight excluding hydrogens is 212 g/mol. The molecule has 0 radical (unpaired) electrons. The first-order valence-corrected chi connectivity index (χ1v) is 6.91. The Morgan fingerprint density at radius 2 is 2.12 bits per heavy atom. The van der Waals surface area contributed by atoms with Crippen molar-refractivity contribution in [3.63, 3.8) is 0 Å². The van der Waals surface area contributed by atoms with Crippen LogP contribution in [0.1, 0.15) is 46.0 Å². The van der Waals surface area contributed by atoms with Crippen molar-refractivity contribution >= 4 is 5.91 Å². The zero-order chi connectivity index (χ0) is 12.5. The van der Waals surface area contributed by atoms with Crippen molar-refractivity contribution < 1.29 is 4.79 Å². The summed E-state index contributed by atoms with van der Waals surface area (Å²) in [5, 5.41) is 6.30. The van der Waals surface area contributed by atoms with E-state index in [1.807, 2.05) is 0 Å². The van der Waals surface area contributed by atoms with Crippen molar-refractivity contribution in [3.05, 3.63) is 12.2 Å². The lowest BCUT2D eigenvalue weighted by atomic mass is 9.94. The minimum absolute atomic E-state index is 0.130. The fraction of sp³-hybridized carbons (Fsp3) is 0.786. The molecule has 1 unspecified atom stereocenters. The predicted molar refractivity (Wildman–Crippen MR) is 71.9 cm³/mol. The highest BCUT2D eigenvalue weighted by Gasteiger charge is 2.11. The molecule has 98 valence electrons. The molecular formula is C14H26N2O. The van der Waals surface area contributed by atoms with Crippen LogP contribution in [0.5, 0.6) is 0 Å². The van der Waals surface area contributed by atoms with Crippen LogP contribution < -0.4 is 10.6 Å². The Bertz CT molecular complexity index is 247. The minimum atomic E-state index is 0.130. The number of rotatable bonds is 7. The highest BCUT2D eigenvalue weighted by molar-refractivity contribution is 5.78. The highest BCUT2D eigenvalue weighted by atomic mass is 16.1. The molecule has 0 aliphatic heterocycles. The second-order valence-corrected chi connectivity index (χ2v) is 4.86. The fourth-order valence-electron chi connectivity index (χ4n) is 2.20. The van der Waals surface area contributed by atoms with E-state index in [1.54, 1.807) is 0 Å². The second kappa shape index (κ2) is 8.29. The van der Waals surface area contributed by atoms with E-state index in [-0.39, 0.29) is 5.91 Å². The normalized spacial score (nSPS) is 19.6. The van der Waals surface area contributed by atoms with Gasteiger partial charge >= 0.3 is 0 Å². The molecule has 1 aliphatic rings. The molecule has 0 saturated heterocycles. The number of amides is 1. The summed E-state index contributed by atoms with van der Waals surface area (Å²) < 4.78 is 0. The van der Waals surface area contributed by atoms with Crippen LogP contribution in [0, 0.1) is 5.92 Å². The molecule has 0 aromatic rings. The summed E-state index contributed by atoms with van der Waals surface area (Å²) in [4.78, 5) is 11.6. The largest absolute Gasteiger partial charge is 0.352 e. The van der Waals surface area contributed by atoms with Crippen molar-refractivity contribution in [2.24, 2.45) is 5.92 Å². The molecule has 1 atom stereocenters. The summed E-state index contributed by atoms with van der Waals surface area (Å²) >= 11 is 0. The molecule has 0 fully saturated rings. The van der Waals surface area contributed by atoms with Crippen LogP contribution in [0.25, 0.3) is 0 Å². The van der Waals surface area contributed by atoms with Gasteiger partial charge in [-0.1, -0.05) is 26.0 Å². The third-order valence-electron chi connectivity index (χ3n) is 3.45. The minimum Gasteiger partial charge on any atom is -0.352 e. The maximum Gasteiger partial charge on any atom is 0.234 e. The van der Waals surface area contributed by atoms with Crippen molar-refractivity contribution in [1.82, 2.24) is 10.6 Å². The predicted octanol–water partition coefficient (Wildman–Crippen LogP) is 2.24. The molecule has 0 aromatic carbocycles. The maximum atomic E-state index is 11.6. The third-order valence-corrected chi connectivity index (χ3v) is 3.45. The van der Waals surface area contributed by atoms with E-state index in [2.05, 4.69) is 36.6 Å². The zero-order valence-electron chi connectivity index (χ0n) is 11.2. The Balaban J connectivity index is 2.09. The summed E-state index contributed by atoms with van der Waals surface area (Å²) in [6.45, 7) is 5.63.